The van der Waals surface area contributed by atoms with Crippen molar-refractivity contribution >= 4 is 8.60 Å². The van der Waals surface area contributed by atoms with Crippen LogP contribution in [0.1, 0.15) is 125 Å². The standard InChI is InChI=1S/C26H55O7P/c1-6-9-10-11-12-13-14-15-16-17-18-19-20-21-22-31-34(32-25(23(4)27)29-7-2)33-26(24(5)28)30-8-3/h23-28H,6-22H2,1-5H3. The third kappa shape index (κ3) is 20.4. The van der Waals surface area contributed by atoms with E-state index in [1.807, 2.05) is 13.8 Å². The third-order valence-electron chi connectivity index (χ3n) is 5.52. The van der Waals surface area contributed by atoms with Crippen molar-refractivity contribution in [2.75, 3.05) is 19.8 Å². The van der Waals surface area contributed by atoms with E-state index in [-0.39, 0.29) is 0 Å². The van der Waals surface area contributed by atoms with Gasteiger partial charge in [-0.1, -0.05) is 90.4 Å². The lowest BCUT2D eigenvalue weighted by Crippen LogP contribution is -2.31. The Morgan fingerprint density at radius 1 is 0.559 bits per heavy atom. The molecule has 0 rings (SSSR count). The second kappa shape index (κ2) is 24.8. The smallest absolute Gasteiger partial charge is 0.337 e. The van der Waals surface area contributed by atoms with E-state index in [1.165, 1.54) is 77.0 Å². The van der Waals surface area contributed by atoms with Crippen molar-refractivity contribution in [3.8, 4) is 0 Å². The number of unbranched alkanes of at least 4 members (excludes halogenated alkanes) is 13. The van der Waals surface area contributed by atoms with Crippen LogP contribution in [0.15, 0.2) is 0 Å². The van der Waals surface area contributed by atoms with E-state index in [4.69, 9.17) is 23.0 Å². The van der Waals surface area contributed by atoms with Crippen molar-refractivity contribution in [3.05, 3.63) is 0 Å². The number of rotatable bonds is 26. The molecular weight excluding hydrogens is 455 g/mol. The van der Waals surface area contributed by atoms with Crippen molar-refractivity contribution in [2.45, 2.75) is 149 Å². The minimum absolute atomic E-state index is 0.392. The van der Waals surface area contributed by atoms with E-state index in [9.17, 15) is 10.2 Å². The Balaban J connectivity index is 4.06. The van der Waals surface area contributed by atoms with Gasteiger partial charge in [0.2, 0.25) is 0 Å². The lowest BCUT2D eigenvalue weighted by Gasteiger charge is -2.28. The minimum Gasteiger partial charge on any atom is -0.388 e. The maximum atomic E-state index is 9.91. The molecule has 206 valence electrons. The Morgan fingerprint density at radius 2 is 0.912 bits per heavy atom. The molecule has 0 spiro atoms. The number of ether oxygens (including phenoxy) is 2. The molecule has 7 nitrogen and oxygen atoms in total. The molecule has 34 heavy (non-hydrogen) atoms. The van der Waals surface area contributed by atoms with Gasteiger partial charge in [0.15, 0.2) is 12.6 Å². The van der Waals surface area contributed by atoms with Gasteiger partial charge in [-0.25, -0.2) is 0 Å². The van der Waals surface area contributed by atoms with Crippen molar-refractivity contribution in [3.63, 3.8) is 0 Å². The molecule has 0 saturated heterocycles. The summed E-state index contributed by atoms with van der Waals surface area (Å²) < 4.78 is 28.2. The number of aliphatic hydroxyl groups excluding tert-OH is 2. The van der Waals surface area contributed by atoms with Gasteiger partial charge in [-0.05, 0) is 34.1 Å². The first-order valence-corrected chi connectivity index (χ1v) is 14.9. The first-order valence-electron chi connectivity index (χ1n) is 13.8. The quantitative estimate of drug-likeness (QED) is 0.0721. The first-order chi connectivity index (χ1) is 16.5. The van der Waals surface area contributed by atoms with Crippen molar-refractivity contribution < 1.29 is 33.3 Å². The monoisotopic (exact) mass is 510 g/mol. The van der Waals surface area contributed by atoms with Crippen LogP contribution in [0, 0.1) is 0 Å². The fourth-order valence-electron chi connectivity index (χ4n) is 3.54. The van der Waals surface area contributed by atoms with Crippen molar-refractivity contribution in [1.82, 2.24) is 0 Å². The highest BCUT2D eigenvalue weighted by atomic mass is 31.2. The maximum Gasteiger partial charge on any atom is 0.337 e. The molecule has 0 heterocycles. The van der Waals surface area contributed by atoms with Gasteiger partial charge in [-0.3, -0.25) is 9.05 Å². The van der Waals surface area contributed by atoms with E-state index in [2.05, 4.69) is 6.92 Å². The average molecular weight is 511 g/mol. The molecular formula is C26H55O7P. The van der Waals surface area contributed by atoms with Gasteiger partial charge in [0.05, 0.1) is 6.61 Å². The van der Waals surface area contributed by atoms with Gasteiger partial charge in [0, 0.05) is 13.2 Å². The van der Waals surface area contributed by atoms with E-state index in [0.29, 0.717) is 19.8 Å². The fraction of sp³-hybridized carbons (Fsp3) is 1.00. The highest BCUT2D eigenvalue weighted by molar-refractivity contribution is 7.41. The SMILES string of the molecule is CCCCCCCCCCCCCCCCOP(OC(OCC)C(C)O)OC(OCC)C(C)O. The predicted octanol–water partition coefficient (Wildman–Crippen LogP) is 7.23. The average Bonchev–Trinajstić information content (AvgIpc) is 2.80. The molecule has 0 bridgehead atoms. The third-order valence-corrected chi connectivity index (χ3v) is 6.68. The van der Waals surface area contributed by atoms with Crippen LogP contribution in [0.3, 0.4) is 0 Å². The van der Waals surface area contributed by atoms with E-state index < -0.39 is 33.4 Å². The van der Waals surface area contributed by atoms with Gasteiger partial charge in [-0.15, -0.1) is 0 Å². The normalized spacial score (nSPS) is 16.3. The Kier molecular flexibility index (Phi) is 24.9. The molecule has 0 aliphatic heterocycles. The molecule has 0 aromatic rings. The largest absolute Gasteiger partial charge is 0.388 e. The molecule has 0 aliphatic carbocycles. The molecule has 0 saturated carbocycles. The summed E-state index contributed by atoms with van der Waals surface area (Å²) in [7, 11) is -1.84. The zero-order valence-electron chi connectivity index (χ0n) is 22.7. The molecule has 0 aliphatic rings. The van der Waals surface area contributed by atoms with Gasteiger partial charge in [-0.2, -0.15) is 0 Å². The van der Waals surface area contributed by atoms with E-state index in [1.54, 1.807) is 13.8 Å². The summed E-state index contributed by atoms with van der Waals surface area (Å²) in [6.07, 6.45) is 14.8. The highest BCUT2D eigenvalue weighted by Crippen LogP contribution is 2.44. The molecule has 4 unspecified atom stereocenters. The number of aliphatic hydroxyl groups is 2. The summed E-state index contributed by atoms with van der Waals surface area (Å²) in [5, 5.41) is 19.8. The van der Waals surface area contributed by atoms with E-state index in [0.717, 1.165) is 12.8 Å². The van der Waals surface area contributed by atoms with Crippen LogP contribution in [0.2, 0.25) is 0 Å². The van der Waals surface area contributed by atoms with Crippen LogP contribution in [0.5, 0.6) is 0 Å². The van der Waals surface area contributed by atoms with E-state index >= 15 is 0 Å². The second-order valence-corrected chi connectivity index (χ2v) is 10.1. The zero-order chi connectivity index (χ0) is 25.4. The lowest BCUT2D eigenvalue weighted by molar-refractivity contribution is -0.170. The van der Waals surface area contributed by atoms with Gasteiger partial charge < -0.3 is 24.2 Å². The van der Waals surface area contributed by atoms with Crippen molar-refractivity contribution in [1.29, 1.82) is 0 Å². The summed E-state index contributed by atoms with van der Waals surface area (Å²) >= 11 is 0. The molecule has 2 N–H and O–H groups in total. The van der Waals surface area contributed by atoms with Gasteiger partial charge in [0.1, 0.15) is 12.2 Å². The minimum atomic E-state index is -1.84. The molecule has 0 radical (unpaired) electrons. The van der Waals surface area contributed by atoms with Crippen LogP contribution < -0.4 is 0 Å². The van der Waals surface area contributed by atoms with Crippen LogP contribution in [0.25, 0.3) is 0 Å². The Morgan fingerprint density at radius 3 is 1.24 bits per heavy atom. The summed E-state index contributed by atoms with van der Waals surface area (Å²) in [4.78, 5) is 0. The Bertz CT molecular complexity index is 393. The topological polar surface area (TPSA) is 86.6 Å². The Labute approximate surface area is 211 Å². The van der Waals surface area contributed by atoms with Crippen molar-refractivity contribution in [2.24, 2.45) is 0 Å². The van der Waals surface area contributed by atoms with Crippen LogP contribution in [0.4, 0.5) is 0 Å². The van der Waals surface area contributed by atoms with Crippen LogP contribution >= 0.6 is 8.60 Å². The lowest BCUT2D eigenvalue weighted by atomic mass is 10.0. The van der Waals surface area contributed by atoms with Crippen LogP contribution in [-0.2, 0) is 23.0 Å². The molecule has 0 aromatic carbocycles. The number of hydrogen-bond donors (Lipinski definition) is 2. The molecule has 8 heteroatoms. The summed E-state index contributed by atoms with van der Waals surface area (Å²) in [6.45, 7) is 10.4. The summed E-state index contributed by atoms with van der Waals surface area (Å²) in [5.74, 6) is 0. The Hall–Kier alpha value is 0.150. The molecule has 0 amide bonds. The fourth-order valence-corrected chi connectivity index (χ4v) is 4.80. The molecule has 0 fully saturated rings. The highest BCUT2D eigenvalue weighted by Gasteiger charge is 2.29. The maximum absolute atomic E-state index is 9.91. The predicted molar refractivity (Wildman–Crippen MR) is 140 cm³/mol. The summed E-state index contributed by atoms with van der Waals surface area (Å²) in [6, 6.07) is 0. The summed E-state index contributed by atoms with van der Waals surface area (Å²) in [5.41, 5.74) is 0. The zero-order valence-corrected chi connectivity index (χ0v) is 23.6. The number of hydrogen-bond acceptors (Lipinski definition) is 7. The van der Waals surface area contributed by atoms with Gasteiger partial charge >= 0.3 is 8.60 Å². The van der Waals surface area contributed by atoms with Gasteiger partial charge in [0.25, 0.3) is 0 Å². The first kappa shape index (κ1) is 34.1. The molecule has 0 aromatic heterocycles. The molecule has 4 atom stereocenters. The second-order valence-electron chi connectivity index (χ2n) is 8.99. The van der Waals surface area contributed by atoms with Crippen LogP contribution in [-0.4, -0.2) is 54.8 Å².